The predicted molar refractivity (Wildman–Crippen MR) is 255 cm³/mol. The van der Waals surface area contributed by atoms with Crippen LogP contribution >= 0.6 is 7.82 Å². The molecule has 0 radical (unpaired) electrons. The molecule has 0 heterocycles. The van der Waals surface area contributed by atoms with Crippen molar-refractivity contribution in [3.05, 3.63) is 97.2 Å². The molecule has 358 valence electrons. The number of ether oxygens (including phenoxy) is 2. The molecular weight excluding hydrogens is 822 g/mol. The summed E-state index contributed by atoms with van der Waals surface area (Å²) < 4.78 is 32.6. The first kappa shape index (κ1) is 59.4. The Labute approximate surface area is 379 Å². The molecule has 0 saturated heterocycles. The first-order chi connectivity index (χ1) is 30.5. The average molecular weight is 904 g/mol. The summed E-state index contributed by atoms with van der Waals surface area (Å²) >= 11 is 0. The molecule has 13 heteroatoms. The molecule has 0 aliphatic heterocycles. The Balaban J connectivity index is 4.51. The van der Waals surface area contributed by atoms with E-state index >= 15 is 0 Å². The van der Waals surface area contributed by atoms with Crippen LogP contribution in [0, 0.1) is 0 Å². The first-order valence-electron chi connectivity index (χ1n) is 23.4. The Bertz CT molecular complexity index is 1450. The van der Waals surface area contributed by atoms with Crippen LogP contribution in [-0.2, 0) is 37.5 Å². The maximum absolute atomic E-state index is 12.6. The average Bonchev–Trinajstić information content (AvgIpc) is 3.26. The number of carbonyl (C=O) groups is 3. The zero-order valence-electron chi connectivity index (χ0n) is 38.5. The Hall–Kier alpha value is -3.64. The molecule has 0 aromatic heterocycles. The van der Waals surface area contributed by atoms with Gasteiger partial charge in [0.05, 0.1) is 19.3 Å². The summed E-state index contributed by atoms with van der Waals surface area (Å²) in [6.45, 7) is 2.50. The van der Waals surface area contributed by atoms with Gasteiger partial charge in [-0.25, -0.2) is 4.57 Å². The second-order valence-electron chi connectivity index (χ2n) is 15.4. The van der Waals surface area contributed by atoms with Gasteiger partial charge in [-0.15, -0.1) is 0 Å². The molecule has 0 fully saturated rings. The monoisotopic (exact) mass is 904 g/mol. The van der Waals surface area contributed by atoms with Gasteiger partial charge in [0, 0.05) is 12.8 Å². The number of phosphoric ester groups is 1. The summed E-state index contributed by atoms with van der Waals surface area (Å²) in [6.07, 6.45) is 52.2. The van der Waals surface area contributed by atoms with E-state index < -0.39 is 63.8 Å². The number of carboxylic acids is 1. The Kier molecular flexibility index (Phi) is 41.1. The zero-order chi connectivity index (χ0) is 46.5. The summed E-state index contributed by atoms with van der Waals surface area (Å²) in [6, 6.07) is -1.55. The van der Waals surface area contributed by atoms with Gasteiger partial charge < -0.3 is 30.3 Å². The van der Waals surface area contributed by atoms with Gasteiger partial charge in [-0.1, -0.05) is 169 Å². The molecule has 2 unspecified atom stereocenters. The number of carboxylic acid groups (broad SMARTS) is 1. The van der Waals surface area contributed by atoms with Crippen molar-refractivity contribution in [2.75, 3.05) is 19.8 Å². The van der Waals surface area contributed by atoms with E-state index in [1.54, 1.807) is 6.08 Å². The molecule has 12 nitrogen and oxygen atoms in total. The standard InChI is InChI=1S/C50H82NO11P/c1-3-5-7-9-11-12-13-14-15-16-17-18-19-20-21-25-28-32-36-40-48(53)59-42-46(43-60-63(57,58)61-44-47(51)50(55)56)62-49(54)41-37-33-29-26-23-22-24-27-31-35-39-45(52)38-34-30-10-8-6-4-2/h6,8,11-12,14-15,22-23,27,29-31,33-35,39,45-47,52H,3-5,7,9-10,13,16-21,24-26,28,32,36-38,40-44,51H2,1-2H3,(H,55,56)(H,57,58)/b8-6-,12-11-,15-14-,23-22-,31-27-,33-29-,34-30-,39-35+/t45?,46-,47+/m1/s1. The summed E-state index contributed by atoms with van der Waals surface area (Å²) in [5, 5.41) is 18.9. The molecule has 0 rings (SSSR count). The molecule has 0 amide bonds. The van der Waals surface area contributed by atoms with Gasteiger partial charge >= 0.3 is 25.7 Å². The van der Waals surface area contributed by atoms with Crippen molar-refractivity contribution < 1.29 is 52.6 Å². The summed E-state index contributed by atoms with van der Waals surface area (Å²) in [5.41, 5.74) is 5.33. The number of aliphatic hydroxyl groups excluding tert-OH is 1. The maximum atomic E-state index is 12.6. The molecular formula is C50H82NO11P. The Morgan fingerprint density at radius 1 is 0.587 bits per heavy atom. The number of aliphatic hydroxyl groups is 1. The third-order valence-corrected chi connectivity index (χ3v) is 10.4. The van der Waals surface area contributed by atoms with Gasteiger partial charge in [-0.3, -0.25) is 23.4 Å². The number of hydrogen-bond donors (Lipinski definition) is 4. The molecule has 0 aromatic carbocycles. The van der Waals surface area contributed by atoms with Gasteiger partial charge in [0.1, 0.15) is 12.6 Å². The fourth-order valence-electron chi connectivity index (χ4n) is 5.73. The van der Waals surface area contributed by atoms with E-state index in [0.717, 1.165) is 51.4 Å². The lowest BCUT2D eigenvalue weighted by Crippen LogP contribution is -2.34. The zero-order valence-corrected chi connectivity index (χ0v) is 39.4. The van der Waals surface area contributed by atoms with E-state index in [2.05, 4.69) is 54.8 Å². The van der Waals surface area contributed by atoms with Crippen LogP contribution in [0.5, 0.6) is 0 Å². The molecule has 0 spiro atoms. The largest absolute Gasteiger partial charge is 0.480 e. The van der Waals surface area contributed by atoms with Gasteiger partial charge in [-0.2, -0.15) is 0 Å². The van der Waals surface area contributed by atoms with Crippen molar-refractivity contribution in [3.8, 4) is 0 Å². The van der Waals surface area contributed by atoms with Gasteiger partial charge in [0.2, 0.25) is 0 Å². The number of aliphatic carboxylic acids is 1. The minimum Gasteiger partial charge on any atom is -0.480 e. The van der Waals surface area contributed by atoms with Crippen molar-refractivity contribution in [1.82, 2.24) is 0 Å². The predicted octanol–water partition coefficient (Wildman–Crippen LogP) is 11.8. The second kappa shape index (κ2) is 43.6. The SMILES string of the molecule is CC/C=C\C/C=C\CC(O)/C=C/C=C\C/C=C\C/C=C\CCC(=O)O[C@H](COC(=O)CCCCCCCCCCC/C=C\C/C=C\CCCCC)COP(=O)(O)OC[C@H](N)C(=O)O. The highest BCUT2D eigenvalue weighted by molar-refractivity contribution is 7.47. The normalized spacial score (nSPS) is 15.0. The van der Waals surface area contributed by atoms with E-state index in [1.807, 2.05) is 54.7 Å². The van der Waals surface area contributed by atoms with Crippen LogP contribution in [0.15, 0.2) is 97.2 Å². The van der Waals surface area contributed by atoms with E-state index in [1.165, 1.54) is 57.8 Å². The van der Waals surface area contributed by atoms with Gasteiger partial charge in [-0.05, 0) is 77.0 Å². The number of carbonyl (C=O) groups excluding carboxylic acids is 2. The van der Waals surface area contributed by atoms with Crippen molar-refractivity contribution in [2.24, 2.45) is 5.73 Å². The second-order valence-corrected chi connectivity index (χ2v) is 16.8. The number of hydrogen-bond acceptors (Lipinski definition) is 10. The topological polar surface area (TPSA) is 192 Å². The molecule has 5 N–H and O–H groups in total. The lowest BCUT2D eigenvalue weighted by molar-refractivity contribution is -0.161. The van der Waals surface area contributed by atoms with Crippen molar-refractivity contribution in [1.29, 1.82) is 0 Å². The number of phosphoric acid groups is 1. The van der Waals surface area contributed by atoms with Crippen LogP contribution in [0.1, 0.15) is 162 Å². The van der Waals surface area contributed by atoms with E-state index in [9.17, 15) is 28.9 Å². The van der Waals surface area contributed by atoms with Crippen LogP contribution in [0.2, 0.25) is 0 Å². The minimum absolute atomic E-state index is 0.00669. The van der Waals surface area contributed by atoms with Crippen LogP contribution < -0.4 is 5.73 Å². The first-order valence-corrected chi connectivity index (χ1v) is 24.9. The lowest BCUT2D eigenvalue weighted by Gasteiger charge is -2.20. The quantitative estimate of drug-likeness (QED) is 0.0149. The third-order valence-electron chi connectivity index (χ3n) is 9.41. The lowest BCUT2D eigenvalue weighted by atomic mass is 10.1. The molecule has 0 aliphatic rings. The molecule has 0 bridgehead atoms. The van der Waals surface area contributed by atoms with Crippen molar-refractivity contribution in [3.63, 3.8) is 0 Å². The van der Waals surface area contributed by atoms with E-state index in [-0.39, 0.29) is 12.8 Å². The third kappa shape index (κ3) is 43.4. The van der Waals surface area contributed by atoms with Crippen LogP contribution in [0.4, 0.5) is 0 Å². The molecule has 4 atom stereocenters. The molecule has 0 saturated carbocycles. The minimum atomic E-state index is -4.76. The van der Waals surface area contributed by atoms with Crippen molar-refractivity contribution in [2.45, 2.75) is 180 Å². The number of rotatable bonds is 42. The van der Waals surface area contributed by atoms with Crippen LogP contribution in [0.3, 0.4) is 0 Å². The highest BCUT2D eigenvalue weighted by Gasteiger charge is 2.28. The number of allylic oxidation sites excluding steroid dienone is 14. The van der Waals surface area contributed by atoms with E-state index in [0.29, 0.717) is 25.7 Å². The highest BCUT2D eigenvalue weighted by atomic mass is 31.2. The van der Waals surface area contributed by atoms with Gasteiger partial charge in [0.15, 0.2) is 6.10 Å². The Morgan fingerprint density at radius 3 is 1.73 bits per heavy atom. The number of unbranched alkanes of at least 4 members (excludes halogenated alkanes) is 12. The molecule has 63 heavy (non-hydrogen) atoms. The smallest absolute Gasteiger partial charge is 0.472 e. The molecule has 0 aliphatic carbocycles. The molecule has 0 aromatic rings. The summed E-state index contributed by atoms with van der Waals surface area (Å²) in [5.74, 6) is -2.54. The fourth-order valence-corrected chi connectivity index (χ4v) is 6.51. The summed E-state index contributed by atoms with van der Waals surface area (Å²) in [7, 11) is -4.76. The highest BCUT2D eigenvalue weighted by Crippen LogP contribution is 2.43. The van der Waals surface area contributed by atoms with Gasteiger partial charge in [0.25, 0.3) is 0 Å². The Morgan fingerprint density at radius 2 is 1.11 bits per heavy atom. The maximum Gasteiger partial charge on any atom is 0.472 e. The van der Waals surface area contributed by atoms with E-state index in [4.69, 9.17) is 24.8 Å². The fraction of sp³-hybridized carbons (Fsp3) is 0.620. The van der Waals surface area contributed by atoms with Crippen LogP contribution in [-0.4, -0.2) is 71.1 Å². The summed E-state index contributed by atoms with van der Waals surface area (Å²) in [4.78, 5) is 46.0. The number of nitrogens with two attached hydrogens (primary N) is 1. The van der Waals surface area contributed by atoms with Crippen LogP contribution in [0.25, 0.3) is 0 Å². The van der Waals surface area contributed by atoms with Crippen molar-refractivity contribution >= 4 is 25.7 Å². The number of esters is 2.